The van der Waals surface area contributed by atoms with Crippen molar-refractivity contribution in [2.45, 2.75) is 0 Å². The fraction of sp³-hybridized carbons (Fsp3) is 0.125. The van der Waals surface area contributed by atoms with Crippen molar-refractivity contribution in [2.24, 2.45) is 0 Å². The maximum atomic E-state index is 10.9. The van der Waals surface area contributed by atoms with Gasteiger partial charge in [0.15, 0.2) is 0 Å². The predicted molar refractivity (Wildman–Crippen MR) is 41.6 cm³/mol. The molecule has 1 radical (unpaired) electrons. The number of halogens is 1. The Morgan fingerprint density at radius 3 is 2.75 bits per heavy atom. The summed E-state index contributed by atoms with van der Waals surface area (Å²) in [6.45, 7) is 0. The average Bonchev–Trinajstić information content (AvgIpc) is 2.03. The van der Waals surface area contributed by atoms with Crippen LogP contribution in [0.25, 0.3) is 0 Å². The summed E-state index contributed by atoms with van der Waals surface area (Å²) in [4.78, 5) is 10.9. The van der Waals surface area contributed by atoms with E-state index in [-0.39, 0.29) is 35.6 Å². The molecule has 4 heteroatoms. The Hall–Kier alpha value is 0.175. The van der Waals surface area contributed by atoms with E-state index in [9.17, 15) is 4.79 Å². The van der Waals surface area contributed by atoms with Crippen LogP contribution in [0.3, 0.4) is 0 Å². The molecule has 12 heavy (non-hydrogen) atoms. The van der Waals surface area contributed by atoms with E-state index >= 15 is 0 Å². The van der Waals surface area contributed by atoms with Crippen molar-refractivity contribution >= 4 is 17.6 Å². The molecule has 0 aliphatic carbocycles. The Morgan fingerprint density at radius 2 is 2.25 bits per heavy atom. The van der Waals surface area contributed by atoms with Gasteiger partial charge in [-0.25, -0.2) is 0 Å². The van der Waals surface area contributed by atoms with Crippen LogP contribution < -0.4 is 0 Å². The molecule has 0 aliphatic rings. The standard InChI is InChI=1S/C8H6ClO2.La/c1-11-8(10)6-3-2-4-7(9)5-6;/h2-4H,1H3;/q-1;. The molecule has 0 bridgehead atoms. The number of esters is 1. The summed E-state index contributed by atoms with van der Waals surface area (Å²) in [5.74, 6) is -0.424. The first-order valence-corrected chi connectivity index (χ1v) is 3.38. The summed E-state index contributed by atoms with van der Waals surface area (Å²) >= 11 is 5.58. The first-order valence-electron chi connectivity index (χ1n) is 3.00. The molecule has 2 nitrogen and oxygen atoms in total. The summed E-state index contributed by atoms with van der Waals surface area (Å²) in [7, 11) is 1.32. The van der Waals surface area contributed by atoms with Crippen LogP contribution in [0.1, 0.15) is 10.4 Å². The third-order valence-corrected chi connectivity index (χ3v) is 1.39. The number of carbonyl (C=O) groups is 1. The summed E-state index contributed by atoms with van der Waals surface area (Å²) in [6.07, 6.45) is 0. The van der Waals surface area contributed by atoms with Gasteiger partial charge >= 0.3 is 0 Å². The molecule has 0 saturated carbocycles. The minimum absolute atomic E-state index is 0. The Kier molecular flexibility index (Phi) is 5.84. The van der Waals surface area contributed by atoms with Crippen LogP contribution in [-0.2, 0) is 4.74 Å². The maximum absolute atomic E-state index is 10.9. The van der Waals surface area contributed by atoms with Crippen molar-refractivity contribution in [1.29, 1.82) is 0 Å². The van der Waals surface area contributed by atoms with Crippen molar-refractivity contribution < 1.29 is 45.1 Å². The zero-order valence-corrected chi connectivity index (χ0v) is 10.9. The van der Waals surface area contributed by atoms with Crippen LogP contribution in [0, 0.1) is 41.7 Å². The van der Waals surface area contributed by atoms with Crippen LogP contribution in [0.4, 0.5) is 0 Å². The Bertz CT molecular complexity index is 276. The van der Waals surface area contributed by atoms with Crippen LogP contribution >= 0.6 is 11.6 Å². The minimum atomic E-state index is -0.424. The van der Waals surface area contributed by atoms with Gasteiger partial charge < -0.3 is 9.53 Å². The summed E-state index contributed by atoms with van der Waals surface area (Å²) in [5.41, 5.74) is 0.347. The van der Waals surface area contributed by atoms with Gasteiger partial charge in [0, 0.05) is 35.6 Å². The van der Waals surface area contributed by atoms with E-state index in [1.165, 1.54) is 7.11 Å². The van der Waals surface area contributed by atoms with E-state index in [0.717, 1.165) is 0 Å². The number of benzene rings is 1. The van der Waals surface area contributed by atoms with Gasteiger partial charge in [0.25, 0.3) is 0 Å². The molecule has 0 N–H and O–H groups in total. The van der Waals surface area contributed by atoms with Gasteiger partial charge in [0.1, 0.15) is 0 Å². The molecule has 0 atom stereocenters. The third-order valence-electron chi connectivity index (χ3n) is 1.16. The number of ether oxygens (including phenoxy) is 1. The fourth-order valence-corrected chi connectivity index (χ4v) is 0.844. The molecule has 1 aromatic carbocycles. The van der Waals surface area contributed by atoms with E-state index in [1.807, 2.05) is 0 Å². The molecule has 0 heterocycles. The smallest absolute Gasteiger partial charge is 0.249 e. The van der Waals surface area contributed by atoms with Crippen molar-refractivity contribution in [1.82, 2.24) is 0 Å². The van der Waals surface area contributed by atoms with E-state index in [4.69, 9.17) is 11.6 Å². The Balaban J connectivity index is 0.00000121. The monoisotopic (exact) mass is 308 g/mol. The summed E-state index contributed by atoms with van der Waals surface area (Å²) in [5, 5.41) is 0.410. The fourth-order valence-electron chi connectivity index (χ4n) is 0.670. The van der Waals surface area contributed by atoms with Crippen molar-refractivity contribution in [2.75, 3.05) is 7.11 Å². The van der Waals surface area contributed by atoms with Gasteiger partial charge in [-0.2, -0.15) is 0 Å². The molecule has 0 fully saturated rings. The van der Waals surface area contributed by atoms with E-state index < -0.39 is 5.97 Å². The molecule has 0 amide bonds. The topological polar surface area (TPSA) is 26.3 Å². The zero-order valence-electron chi connectivity index (χ0n) is 6.50. The molecule has 0 saturated heterocycles. The van der Waals surface area contributed by atoms with Crippen LogP contribution in [0.5, 0.6) is 0 Å². The average molecular weight is 308 g/mol. The van der Waals surface area contributed by atoms with E-state index in [1.54, 1.807) is 18.2 Å². The number of methoxy groups -OCH3 is 1. The quantitative estimate of drug-likeness (QED) is 0.585. The molecule has 61 valence electrons. The van der Waals surface area contributed by atoms with E-state index in [2.05, 4.69) is 10.8 Å². The van der Waals surface area contributed by atoms with Gasteiger partial charge in [-0.15, -0.1) is 35.9 Å². The largest absolute Gasteiger partial charge is 0.509 e. The number of carbonyl (C=O) groups excluding carboxylic acids is 1. The van der Waals surface area contributed by atoms with Crippen LogP contribution in [0.2, 0.25) is 5.02 Å². The summed E-state index contributed by atoms with van der Waals surface area (Å²) < 4.78 is 4.46. The first kappa shape index (κ1) is 12.2. The SMILES string of the molecule is COC(=O)c1[c-]c(Cl)ccc1.[La]. The predicted octanol–water partition coefficient (Wildman–Crippen LogP) is 1.93. The van der Waals surface area contributed by atoms with Crippen molar-refractivity contribution in [3.63, 3.8) is 0 Å². The van der Waals surface area contributed by atoms with Gasteiger partial charge in [-0.05, 0) is 5.02 Å². The molecular weight excluding hydrogens is 302 g/mol. The van der Waals surface area contributed by atoms with Gasteiger partial charge in [0.2, 0.25) is 5.97 Å². The second-order valence-corrected chi connectivity index (χ2v) is 2.31. The second-order valence-electron chi connectivity index (χ2n) is 1.90. The van der Waals surface area contributed by atoms with E-state index in [0.29, 0.717) is 10.6 Å². The molecule has 1 rings (SSSR count). The van der Waals surface area contributed by atoms with Gasteiger partial charge in [-0.1, -0.05) is 5.56 Å². The molecule has 1 aromatic rings. The first-order chi connectivity index (χ1) is 5.24. The number of hydrogen-bond acceptors (Lipinski definition) is 2. The van der Waals surface area contributed by atoms with Crippen molar-refractivity contribution in [3.8, 4) is 0 Å². The molecular formula is C8H6ClLaO2-. The Labute approximate surface area is 104 Å². The zero-order chi connectivity index (χ0) is 8.27. The summed E-state index contributed by atoms with van der Waals surface area (Å²) in [6, 6.07) is 7.56. The normalized spacial score (nSPS) is 8.50. The second kappa shape index (κ2) is 5.76. The van der Waals surface area contributed by atoms with Crippen LogP contribution in [-0.4, -0.2) is 13.1 Å². The molecule has 0 unspecified atom stereocenters. The van der Waals surface area contributed by atoms with Gasteiger partial charge in [0.05, 0.1) is 7.11 Å². The van der Waals surface area contributed by atoms with Crippen LogP contribution in [0.15, 0.2) is 18.2 Å². The number of rotatable bonds is 1. The minimum Gasteiger partial charge on any atom is -0.509 e. The maximum Gasteiger partial charge on any atom is 0.249 e. The van der Waals surface area contributed by atoms with Gasteiger partial charge in [-0.3, -0.25) is 0 Å². The Morgan fingerprint density at radius 1 is 1.58 bits per heavy atom. The third kappa shape index (κ3) is 3.27. The number of hydrogen-bond donors (Lipinski definition) is 0. The van der Waals surface area contributed by atoms with Crippen molar-refractivity contribution in [3.05, 3.63) is 34.9 Å². The molecule has 0 aromatic heterocycles. The molecule has 0 spiro atoms. The molecule has 0 aliphatic heterocycles.